The van der Waals surface area contributed by atoms with E-state index in [1.807, 2.05) is 43.1 Å². The number of rotatable bonds is 5. The van der Waals surface area contributed by atoms with Gasteiger partial charge in [-0.15, -0.1) is 0 Å². The Kier molecular flexibility index (Phi) is 5.32. The van der Waals surface area contributed by atoms with Crippen LogP contribution in [0.25, 0.3) is 0 Å². The number of methoxy groups -OCH3 is 1. The molecule has 5 nitrogen and oxygen atoms in total. The van der Waals surface area contributed by atoms with Crippen LogP contribution in [-0.4, -0.2) is 40.6 Å². The number of fused-ring (bicyclic) bond motifs is 1. The molecule has 1 aromatic heterocycles. The molecular formula is C20H22BrN3O2S. The van der Waals surface area contributed by atoms with Gasteiger partial charge in [-0.3, -0.25) is 9.98 Å². The zero-order valence-corrected chi connectivity index (χ0v) is 18.0. The number of aromatic nitrogens is 1. The van der Waals surface area contributed by atoms with E-state index in [4.69, 9.17) is 14.5 Å². The van der Waals surface area contributed by atoms with E-state index in [9.17, 15) is 0 Å². The number of nitrogens with zero attached hydrogens (tertiary/aromatic N) is 3. The molecule has 1 aromatic carbocycles. The highest BCUT2D eigenvalue weighted by atomic mass is 79.9. The van der Waals surface area contributed by atoms with E-state index in [0.29, 0.717) is 11.9 Å². The quantitative estimate of drug-likeness (QED) is 0.655. The van der Waals surface area contributed by atoms with E-state index in [1.54, 1.807) is 7.11 Å². The summed E-state index contributed by atoms with van der Waals surface area (Å²) in [6.07, 6.45) is 1.83. The van der Waals surface area contributed by atoms with E-state index in [1.165, 1.54) is 0 Å². The molecule has 0 saturated carbocycles. The molecule has 0 radical (unpaired) electrons. The van der Waals surface area contributed by atoms with Gasteiger partial charge in [0.05, 0.1) is 25.5 Å². The summed E-state index contributed by atoms with van der Waals surface area (Å²) in [6, 6.07) is 10.1. The lowest BCUT2D eigenvalue weighted by Crippen LogP contribution is -2.28. The first kappa shape index (κ1) is 18.6. The van der Waals surface area contributed by atoms with Crippen molar-refractivity contribution in [1.29, 1.82) is 0 Å². The van der Waals surface area contributed by atoms with Gasteiger partial charge >= 0.3 is 0 Å². The molecule has 7 heteroatoms. The fourth-order valence-corrected chi connectivity index (χ4v) is 5.31. The van der Waals surface area contributed by atoms with Crippen LogP contribution in [0.3, 0.4) is 0 Å². The zero-order valence-electron chi connectivity index (χ0n) is 15.6. The molecule has 0 bridgehead atoms. The van der Waals surface area contributed by atoms with Gasteiger partial charge in [0.2, 0.25) is 0 Å². The third-order valence-electron chi connectivity index (χ3n) is 4.78. The van der Waals surface area contributed by atoms with E-state index >= 15 is 0 Å². The minimum Gasteiger partial charge on any atom is -0.493 e. The Balaban J connectivity index is 1.81. The topological polar surface area (TPSA) is 47.0 Å². The van der Waals surface area contributed by atoms with Gasteiger partial charge < -0.3 is 14.4 Å². The fourth-order valence-electron chi connectivity index (χ4n) is 3.66. The Bertz CT molecular complexity index is 862. The summed E-state index contributed by atoms with van der Waals surface area (Å²) in [4.78, 5) is 12.0. The number of ether oxygens (including phenoxy) is 2. The Morgan fingerprint density at radius 3 is 2.85 bits per heavy atom. The SMILES string of the molecule is CCOc1cc(C2C(c3ccccn3)N=C3SC(C)CN32)c(Br)cc1OC. The third kappa shape index (κ3) is 3.43. The summed E-state index contributed by atoms with van der Waals surface area (Å²) >= 11 is 5.59. The Labute approximate surface area is 172 Å². The lowest BCUT2D eigenvalue weighted by atomic mass is 9.96. The molecule has 0 aliphatic carbocycles. The second kappa shape index (κ2) is 7.72. The van der Waals surface area contributed by atoms with E-state index in [0.717, 1.165) is 38.9 Å². The molecule has 2 aromatic rings. The summed E-state index contributed by atoms with van der Waals surface area (Å²) < 4.78 is 12.3. The van der Waals surface area contributed by atoms with Crippen molar-refractivity contribution in [3.63, 3.8) is 0 Å². The number of halogens is 1. The molecule has 1 saturated heterocycles. The first-order valence-electron chi connectivity index (χ1n) is 9.04. The molecule has 1 fully saturated rings. The van der Waals surface area contributed by atoms with Crippen molar-refractivity contribution in [2.24, 2.45) is 4.99 Å². The molecule has 27 heavy (non-hydrogen) atoms. The molecule has 3 heterocycles. The predicted molar refractivity (Wildman–Crippen MR) is 113 cm³/mol. The van der Waals surface area contributed by atoms with Gasteiger partial charge in [0, 0.05) is 22.5 Å². The Hall–Kier alpha value is -1.73. The van der Waals surface area contributed by atoms with Crippen LogP contribution >= 0.6 is 27.7 Å². The van der Waals surface area contributed by atoms with Crippen LogP contribution in [0.5, 0.6) is 11.5 Å². The molecule has 2 aliphatic rings. The van der Waals surface area contributed by atoms with Crippen molar-refractivity contribution in [1.82, 2.24) is 9.88 Å². The Morgan fingerprint density at radius 1 is 1.30 bits per heavy atom. The van der Waals surface area contributed by atoms with Crippen molar-refractivity contribution in [2.75, 3.05) is 20.3 Å². The standard InChI is InChI=1S/C20H22BrN3O2S/c1-4-26-17-9-13(14(21)10-16(17)25-3)19-18(15-7-5-6-8-22-15)23-20-24(19)11-12(2)27-20/h5-10,12,18-19H,4,11H2,1-3H3. The highest BCUT2D eigenvalue weighted by Gasteiger charge is 2.44. The van der Waals surface area contributed by atoms with Crippen molar-refractivity contribution in [3.05, 3.63) is 52.3 Å². The first-order valence-corrected chi connectivity index (χ1v) is 10.7. The maximum atomic E-state index is 5.83. The number of pyridine rings is 1. The van der Waals surface area contributed by atoms with Crippen LogP contribution in [0.2, 0.25) is 0 Å². The number of hydrogen-bond donors (Lipinski definition) is 0. The monoisotopic (exact) mass is 447 g/mol. The van der Waals surface area contributed by atoms with Crippen LogP contribution in [0.4, 0.5) is 0 Å². The van der Waals surface area contributed by atoms with Crippen LogP contribution in [0, 0.1) is 0 Å². The number of thioether (sulfide) groups is 1. The van der Waals surface area contributed by atoms with Gasteiger partial charge in [-0.1, -0.05) is 40.7 Å². The van der Waals surface area contributed by atoms with Gasteiger partial charge in [-0.05, 0) is 36.8 Å². The average molecular weight is 448 g/mol. The maximum absolute atomic E-state index is 5.83. The normalized spacial score (nSPS) is 23.9. The van der Waals surface area contributed by atoms with Crippen LogP contribution in [0.1, 0.15) is 37.2 Å². The van der Waals surface area contributed by atoms with Crippen molar-refractivity contribution in [2.45, 2.75) is 31.2 Å². The minimum atomic E-state index is -0.0413. The highest BCUT2D eigenvalue weighted by Crippen LogP contribution is 2.50. The average Bonchev–Trinajstić information content (AvgIpc) is 3.20. The first-order chi connectivity index (χ1) is 13.1. The van der Waals surface area contributed by atoms with Gasteiger partial charge in [0.25, 0.3) is 0 Å². The van der Waals surface area contributed by atoms with Gasteiger partial charge in [-0.2, -0.15) is 0 Å². The number of amidine groups is 1. The molecule has 2 aliphatic heterocycles. The number of hydrogen-bond acceptors (Lipinski definition) is 6. The van der Waals surface area contributed by atoms with Crippen molar-refractivity contribution >= 4 is 32.9 Å². The second-order valence-electron chi connectivity index (χ2n) is 6.59. The highest BCUT2D eigenvalue weighted by molar-refractivity contribution is 9.10. The third-order valence-corrected chi connectivity index (χ3v) is 6.57. The van der Waals surface area contributed by atoms with Gasteiger partial charge in [0.1, 0.15) is 6.04 Å². The summed E-state index contributed by atoms with van der Waals surface area (Å²) in [5.41, 5.74) is 2.13. The van der Waals surface area contributed by atoms with Crippen LogP contribution in [0.15, 0.2) is 46.0 Å². The smallest absolute Gasteiger partial charge is 0.161 e. The minimum absolute atomic E-state index is 0.0413. The number of benzene rings is 1. The Morgan fingerprint density at radius 2 is 2.15 bits per heavy atom. The lowest BCUT2D eigenvalue weighted by Gasteiger charge is -2.29. The summed E-state index contributed by atoms with van der Waals surface area (Å²) in [5, 5.41) is 1.63. The molecule has 0 amide bonds. The summed E-state index contributed by atoms with van der Waals surface area (Å²) in [7, 11) is 1.66. The molecule has 3 unspecified atom stereocenters. The second-order valence-corrected chi connectivity index (χ2v) is 8.85. The predicted octanol–water partition coefficient (Wildman–Crippen LogP) is 4.84. The molecular weight excluding hydrogens is 426 g/mol. The lowest BCUT2D eigenvalue weighted by molar-refractivity contribution is 0.301. The maximum Gasteiger partial charge on any atom is 0.161 e. The summed E-state index contributed by atoms with van der Waals surface area (Å²) in [6.45, 7) is 5.78. The van der Waals surface area contributed by atoms with Crippen LogP contribution < -0.4 is 9.47 Å². The van der Waals surface area contributed by atoms with Gasteiger partial charge in [-0.25, -0.2) is 0 Å². The molecule has 0 spiro atoms. The summed E-state index contributed by atoms with van der Waals surface area (Å²) in [5.74, 6) is 1.48. The van der Waals surface area contributed by atoms with E-state index < -0.39 is 0 Å². The largest absolute Gasteiger partial charge is 0.493 e. The van der Waals surface area contributed by atoms with Gasteiger partial charge in [0.15, 0.2) is 16.7 Å². The zero-order chi connectivity index (χ0) is 19.0. The van der Waals surface area contributed by atoms with Crippen molar-refractivity contribution in [3.8, 4) is 11.5 Å². The molecule has 4 rings (SSSR count). The fraction of sp³-hybridized carbons (Fsp3) is 0.400. The van der Waals surface area contributed by atoms with Crippen molar-refractivity contribution < 1.29 is 9.47 Å². The molecule has 0 N–H and O–H groups in total. The number of aliphatic imine (C=N–C) groups is 1. The molecule has 3 atom stereocenters. The van der Waals surface area contributed by atoms with E-state index in [2.05, 4.69) is 44.9 Å². The van der Waals surface area contributed by atoms with E-state index in [-0.39, 0.29) is 12.1 Å². The van der Waals surface area contributed by atoms with Crippen LogP contribution in [-0.2, 0) is 0 Å². The molecule has 142 valence electrons.